The van der Waals surface area contributed by atoms with Crippen LogP contribution in [0.15, 0.2) is 176 Å². The summed E-state index contributed by atoms with van der Waals surface area (Å²) in [5.41, 5.74) is 10.3. The van der Waals surface area contributed by atoms with Gasteiger partial charge in [-0.3, -0.25) is 0 Å². The van der Waals surface area contributed by atoms with Crippen LogP contribution >= 0.6 is 0 Å². The van der Waals surface area contributed by atoms with Gasteiger partial charge in [-0.15, -0.1) is 0 Å². The highest BCUT2D eigenvalue weighted by atomic mass is 15.3. The summed E-state index contributed by atoms with van der Waals surface area (Å²) in [7, 11) is 0. The van der Waals surface area contributed by atoms with E-state index in [4.69, 9.17) is 5.10 Å². The lowest BCUT2D eigenvalue weighted by molar-refractivity contribution is 0.911. The van der Waals surface area contributed by atoms with E-state index < -0.39 is 0 Å². The molecule has 0 saturated carbocycles. The van der Waals surface area contributed by atoms with E-state index in [0.29, 0.717) is 0 Å². The lowest BCUT2D eigenvalue weighted by atomic mass is 9.97. The predicted molar refractivity (Wildman–Crippen MR) is 201 cm³/mol. The Balaban J connectivity index is 1.37. The quantitative estimate of drug-likeness (QED) is 0.182. The minimum atomic E-state index is 1.04. The molecule has 2 aromatic heterocycles. The monoisotopic (exact) mass is 611 g/mol. The molecule has 0 atom stereocenters. The molecule has 8 aromatic carbocycles. The van der Waals surface area contributed by atoms with Crippen LogP contribution in [-0.2, 0) is 0 Å². The maximum Gasteiger partial charge on any atom is 0.0762 e. The molecule has 3 nitrogen and oxygen atoms in total. The van der Waals surface area contributed by atoms with Crippen molar-refractivity contribution in [2.75, 3.05) is 0 Å². The van der Waals surface area contributed by atoms with E-state index in [9.17, 15) is 0 Å². The van der Waals surface area contributed by atoms with E-state index >= 15 is 0 Å². The van der Waals surface area contributed by atoms with Crippen molar-refractivity contribution < 1.29 is 0 Å². The van der Waals surface area contributed by atoms with Crippen molar-refractivity contribution in [3.05, 3.63) is 176 Å². The van der Waals surface area contributed by atoms with Gasteiger partial charge in [0.25, 0.3) is 0 Å². The summed E-state index contributed by atoms with van der Waals surface area (Å²) in [6.07, 6.45) is 2.00. The van der Waals surface area contributed by atoms with Crippen molar-refractivity contribution >= 4 is 54.3 Å². The fourth-order valence-electron chi connectivity index (χ4n) is 7.51. The van der Waals surface area contributed by atoms with Crippen molar-refractivity contribution in [2.24, 2.45) is 0 Å². The van der Waals surface area contributed by atoms with Crippen LogP contribution in [-0.4, -0.2) is 14.3 Å². The highest BCUT2D eigenvalue weighted by Gasteiger charge is 2.20. The van der Waals surface area contributed by atoms with Crippen LogP contribution in [0.3, 0.4) is 0 Å². The summed E-state index contributed by atoms with van der Waals surface area (Å²) in [5.74, 6) is 0. The molecule has 224 valence electrons. The van der Waals surface area contributed by atoms with E-state index in [-0.39, 0.29) is 0 Å². The van der Waals surface area contributed by atoms with Gasteiger partial charge in [-0.05, 0) is 92.3 Å². The minimum Gasteiger partial charge on any atom is -0.309 e. The molecular formula is C45H29N3. The molecule has 0 unspecified atom stereocenters. The summed E-state index contributed by atoms with van der Waals surface area (Å²) in [6.45, 7) is 0. The van der Waals surface area contributed by atoms with Crippen LogP contribution in [0.25, 0.3) is 87.9 Å². The first-order valence-electron chi connectivity index (χ1n) is 16.4. The molecule has 10 aromatic rings. The van der Waals surface area contributed by atoms with E-state index in [2.05, 4.69) is 173 Å². The Labute approximate surface area is 277 Å². The molecule has 0 fully saturated rings. The van der Waals surface area contributed by atoms with Crippen LogP contribution in [0, 0.1) is 0 Å². The van der Waals surface area contributed by atoms with Gasteiger partial charge in [0.2, 0.25) is 0 Å². The van der Waals surface area contributed by atoms with Gasteiger partial charge in [0, 0.05) is 21.8 Å². The van der Waals surface area contributed by atoms with E-state index in [1.54, 1.807) is 0 Å². The van der Waals surface area contributed by atoms with Gasteiger partial charge in [0.1, 0.15) is 0 Å². The summed E-state index contributed by atoms with van der Waals surface area (Å²) < 4.78 is 4.52. The number of fused-ring (bicyclic) bond motifs is 8. The zero-order chi connectivity index (χ0) is 31.6. The van der Waals surface area contributed by atoms with Crippen LogP contribution in [0.4, 0.5) is 0 Å². The number of benzene rings is 8. The second kappa shape index (κ2) is 10.5. The Morgan fingerprint density at radius 2 is 0.979 bits per heavy atom. The molecule has 2 heterocycles. The first kappa shape index (κ1) is 26.7. The molecule has 10 rings (SSSR count). The second-order valence-electron chi connectivity index (χ2n) is 12.5. The molecule has 0 saturated heterocycles. The number of rotatable bonds is 4. The third kappa shape index (κ3) is 4.11. The highest BCUT2D eigenvalue weighted by Crippen LogP contribution is 2.42. The number of hydrogen-bond acceptors (Lipinski definition) is 1. The zero-order valence-corrected chi connectivity index (χ0v) is 26.1. The molecule has 0 radical (unpaired) electrons. The summed E-state index contributed by atoms with van der Waals surface area (Å²) >= 11 is 0. The Morgan fingerprint density at radius 1 is 0.354 bits per heavy atom. The molecule has 0 amide bonds. The summed E-state index contributed by atoms with van der Waals surface area (Å²) in [4.78, 5) is 0. The van der Waals surface area contributed by atoms with Gasteiger partial charge in [-0.2, -0.15) is 5.10 Å². The first-order valence-corrected chi connectivity index (χ1v) is 16.4. The third-order valence-corrected chi connectivity index (χ3v) is 9.72. The Bertz CT molecular complexity index is 2750. The normalized spacial score (nSPS) is 11.8. The fraction of sp³-hybridized carbons (Fsp3) is 0. The second-order valence-corrected chi connectivity index (χ2v) is 12.5. The molecule has 0 aliphatic heterocycles. The Kier molecular flexibility index (Phi) is 5.87. The van der Waals surface area contributed by atoms with Crippen LogP contribution in [0.5, 0.6) is 0 Å². The van der Waals surface area contributed by atoms with Gasteiger partial charge in [-0.1, -0.05) is 121 Å². The van der Waals surface area contributed by atoms with Crippen LogP contribution in [0.1, 0.15) is 0 Å². The standard InChI is InChI=1S/C45H29N3/c1-4-12-30(13-5-1)34-24-35(31-14-6-2-7-15-31)26-38(25-34)47-41-23-22-33-21-20-32-16-10-11-19-39(32)44(33)45(41)40-27-36-29-46-48(42(36)28-43(40)47)37-17-8-3-9-18-37/h1-29H. The predicted octanol–water partition coefficient (Wildman–Crippen LogP) is 11.8. The molecule has 0 bridgehead atoms. The van der Waals surface area contributed by atoms with Gasteiger partial charge in [-0.25, -0.2) is 4.68 Å². The molecule has 0 N–H and O–H groups in total. The molecule has 0 aliphatic carbocycles. The van der Waals surface area contributed by atoms with E-state index in [0.717, 1.165) is 27.8 Å². The van der Waals surface area contributed by atoms with Crippen molar-refractivity contribution in [1.29, 1.82) is 0 Å². The number of nitrogens with zero attached hydrogens (tertiary/aromatic N) is 3. The summed E-state index contributed by atoms with van der Waals surface area (Å²) in [5, 5.41) is 13.5. The molecule has 48 heavy (non-hydrogen) atoms. The number of para-hydroxylation sites is 1. The van der Waals surface area contributed by atoms with Crippen molar-refractivity contribution in [2.45, 2.75) is 0 Å². The lowest BCUT2D eigenvalue weighted by Gasteiger charge is -2.14. The van der Waals surface area contributed by atoms with Gasteiger partial charge in [0.15, 0.2) is 0 Å². The topological polar surface area (TPSA) is 22.8 Å². The van der Waals surface area contributed by atoms with Crippen LogP contribution < -0.4 is 0 Å². The average Bonchev–Trinajstić information content (AvgIpc) is 3.73. The first-order chi connectivity index (χ1) is 23.8. The zero-order valence-electron chi connectivity index (χ0n) is 26.1. The third-order valence-electron chi connectivity index (χ3n) is 9.72. The van der Waals surface area contributed by atoms with E-state index in [1.165, 1.54) is 60.1 Å². The maximum atomic E-state index is 4.88. The number of aromatic nitrogens is 3. The SMILES string of the molecule is c1ccc(-c2cc(-c3ccccc3)cc(-n3c4cc5c(cnn5-c5ccccc5)cc4c4c5c(ccc6ccccc65)ccc43)c2)cc1. The van der Waals surface area contributed by atoms with Crippen molar-refractivity contribution in [1.82, 2.24) is 14.3 Å². The molecule has 0 spiro atoms. The van der Waals surface area contributed by atoms with Gasteiger partial charge < -0.3 is 4.57 Å². The lowest BCUT2D eigenvalue weighted by Crippen LogP contribution is -1.98. The number of hydrogen-bond donors (Lipinski definition) is 0. The van der Waals surface area contributed by atoms with Crippen molar-refractivity contribution in [3.63, 3.8) is 0 Å². The Morgan fingerprint density at radius 3 is 1.71 bits per heavy atom. The van der Waals surface area contributed by atoms with Crippen molar-refractivity contribution in [3.8, 4) is 33.6 Å². The average molecular weight is 612 g/mol. The Hall–Kier alpha value is -6.45. The van der Waals surface area contributed by atoms with Gasteiger partial charge in [0.05, 0.1) is 28.4 Å². The highest BCUT2D eigenvalue weighted by molar-refractivity contribution is 6.29. The van der Waals surface area contributed by atoms with E-state index in [1.807, 2.05) is 12.3 Å². The minimum absolute atomic E-state index is 1.04. The summed E-state index contributed by atoms with van der Waals surface area (Å²) in [6, 6.07) is 61.3. The maximum absolute atomic E-state index is 4.88. The molecule has 3 heteroatoms. The largest absolute Gasteiger partial charge is 0.309 e. The molecular weight excluding hydrogens is 583 g/mol. The van der Waals surface area contributed by atoms with Gasteiger partial charge >= 0.3 is 0 Å². The smallest absolute Gasteiger partial charge is 0.0762 e. The fourth-order valence-corrected chi connectivity index (χ4v) is 7.51. The molecule has 0 aliphatic rings. The van der Waals surface area contributed by atoms with Crippen LogP contribution in [0.2, 0.25) is 0 Å².